The van der Waals surface area contributed by atoms with E-state index < -0.39 is 10.0 Å². The van der Waals surface area contributed by atoms with Crippen molar-refractivity contribution in [1.82, 2.24) is 4.98 Å². The molecule has 2 heterocycles. The molecule has 0 amide bonds. The number of nitrogens with two attached hydrogens (primary N) is 1. The van der Waals surface area contributed by atoms with Crippen LogP contribution in [0.1, 0.15) is 12.8 Å². The van der Waals surface area contributed by atoms with Crippen LogP contribution in [0.5, 0.6) is 5.75 Å². The summed E-state index contributed by atoms with van der Waals surface area (Å²) in [5.41, 5.74) is 0. The van der Waals surface area contributed by atoms with Crippen molar-refractivity contribution >= 4 is 26.5 Å². The van der Waals surface area contributed by atoms with E-state index in [4.69, 9.17) is 9.88 Å². The first kappa shape index (κ1) is 16.2. The van der Waals surface area contributed by atoms with Gasteiger partial charge in [-0.15, -0.1) is 0 Å². The molecule has 1 aromatic heterocycles. The van der Waals surface area contributed by atoms with E-state index in [0.29, 0.717) is 17.7 Å². The Morgan fingerprint density at radius 3 is 2.83 bits per heavy atom. The van der Waals surface area contributed by atoms with Gasteiger partial charge in [0, 0.05) is 19.0 Å². The van der Waals surface area contributed by atoms with Crippen molar-refractivity contribution in [3.63, 3.8) is 0 Å². The molecule has 0 aliphatic carbocycles. The fourth-order valence-corrected chi connectivity index (χ4v) is 4.21. The predicted octanol–water partition coefficient (Wildman–Crippen LogP) is 2.09. The molecule has 8 heteroatoms. The molecule has 0 bridgehead atoms. The van der Waals surface area contributed by atoms with Gasteiger partial charge in [-0.05, 0) is 25.0 Å². The van der Waals surface area contributed by atoms with E-state index >= 15 is 0 Å². The number of hydrogen-bond acceptors (Lipinski definition) is 6. The standard InChI is InChI=1S/C15H19N3O3S2/c16-23(19,20)14-9-17-15(22-14)18-8-4-5-12(10-18)11-21-13-6-2-1-3-7-13/h1-3,6-7,9,12H,4-5,8,10-11H2,(H2,16,19,20). The van der Waals surface area contributed by atoms with Crippen LogP contribution >= 0.6 is 11.3 Å². The lowest BCUT2D eigenvalue weighted by molar-refractivity contribution is 0.229. The van der Waals surface area contributed by atoms with E-state index in [0.717, 1.165) is 43.0 Å². The van der Waals surface area contributed by atoms with Gasteiger partial charge in [0.05, 0.1) is 12.8 Å². The van der Waals surface area contributed by atoms with Crippen molar-refractivity contribution in [2.24, 2.45) is 11.1 Å². The molecule has 1 aromatic carbocycles. The molecular formula is C15H19N3O3S2. The Morgan fingerprint density at radius 1 is 1.35 bits per heavy atom. The zero-order valence-corrected chi connectivity index (χ0v) is 14.2. The van der Waals surface area contributed by atoms with Gasteiger partial charge in [-0.1, -0.05) is 29.5 Å². The zero-order valence-electron chi connectivity index (χ0n) is 12.6. The van der Waals surface area contributed by atoms with Gasteiger partial charge in [0.25, 0.3) is 0 Å². The molecule has 1 unspecified atom stereocenters. The first-order chi connectivity index (χ1) is 11.0. The number of para-hydroxylation sites is 1. The highest BCUT2D eigenvalue weighted by Crippen LogP contribution is 2.29. The minimum Gasteiger partial charge on any atom is -0.493 e. The highest BCUT2D eigenvalue weighted by molar-refractivity contribution is 7.91. The Morgan fingerprint density at radius 2 is 2.13 bits per heavy atom. The summed E-state index contributed by atoms with van der Waals surface area (Å²) in [6.07, 6.45) is 3.46. The molecule has 2 N–H and O–H groups in total. The first-order valence-electron chi connectivity index (χ1n) is 7.44. The highest BCUT2D eigenvalue weighted by atomic mass is 32.2. The van der Waals surface area contributed by atoms with Gasteiger partial charge in [0.2, 0.25) is 10.0 Å². The monoisotopic (exact) mass is 353 g/mol. The Bertz CT molecular complexity index is 746. The fourth-order valence-electron chi connectivity index (χ4n) is 2.63. The summed E-state index contributed by atoms with van der Waals surface area (Å²) < 4.78 is 28.7. The molecule has 3 rings (SSSR count). The normalized spacial score (nSPS) is 18.8. The number of hydrogen-bond donors (Lipinski definition) is 1. The Kier molecular flexibility index (Phi) is 4.84. The number of benzene rings is 1. The zero-order chi connectivity index (χ0) is 16.3. The molecule has 0 spiro atoms. The lowest BCUT2D eigenvalue weighted by Crippen LogP contribution is -2.37. The molecule has 1 fully saturated rings. The molecule has 0 radical (unpaired) electrons. The number of piperidine rings is 1. The van der Waals surface area contributed by atoms with Gasteiger partial charge in [-0.2, -0.15) is 0 Å². The third-order valence-corrected chi connectivity index (χ3v) is 6.24. The second-order valence-corrected chi connectivity index (χ2v) is 8.38. The van der Waals surface area contributed by atoms with Crippen molar-refractivity contribution in [1.29, 1.82) is 0 Å². The second kappa shape index (κ2) is 6.86. The van der Waals surface area contributed by atoms with Crippen molar-refractivity contribution in [2.75, 3.05) is 24.6 Å². The van der Waals surface area contributed by atoms with Crippen LogP contribution < -0.4 is 14.8 Å². The molecule has 2 aromatic rings. The van der Waals surface area contributed by atoms with E-state index in [1.165, 1.54) is 6.20 Å². The lowest BCUT2D eigenvalue weighted by Gasteiger charge is -2.32. The van der Waals surface area contributed by atoms with E-state index in [1.807, 2.05) is 30.3 Å². The molecule has 1 aliphatic rings. The number of thiazole rings is 1. The first-order valence-corrected chi connectivity index (χ1v) is 9.80. The molecule has 6 nitrogen and oxygen atoms in total. The van der Waals surface area contributed by atoms with Gasteiger partial charge >= 0.3 is 0 Å². The summed E-state index contributed by atoms with van der Waals surface area (Å²) in [4.78, 5) is 6.32. The number of anilines is 1. The van der Waals surface area contributed by atoms with Crippen LogP contribution in [0.25, 0.3) is 0 Å². The summed E-state index contributed by atoms with van der Waals surface area (Å²) in [5, 5.41) is 5.85. The molecule has 124 valence electrons. The number of sulfonamides is 1. The van der Waals surface area contributed by atoms with Gasteiger partial charge in [-0.25, -0.2) is 18.5 Å². The number of primary sulfonamides is 1. The van der Waals surface area contributed by atoms with Gasteiger partial charge < -0.3 is 9.64 Å². The smallest absolute Gasteiger partial charge is 0.249 e. The summed E-state index contributed by atoms with van der Waals surface area (Å²) in [5.74, 6) is 1.26. The van der Waals surface area contributed by atoms with E-state index in [-0.39, 0.29) is 4.21 Å². The van der Waals surface area contributed by atoms with Crippen molar-refractivity contribution in [3.8, 4) is 5.75 Å². The minimum absolute atomic E-state index is 0.107. The van der Waals surface area contributed by atoms with Crippen molar-refractivity contribution < 1.29 is 13.2 Å². The molecule has 1 aliphatic heterocycles. The molecule has 1 saturated heterocycles. The molecule has 23 heavy (non-hydrogen) atoms. The van der Waals surface area contributed by atoms with Crippen molar-refractivity contribution in [3.05, 3.63) is 36.5 Å². The quantitative estimate of drug-likeness (QED) is 0.889. The maximum Gasteiger partial charge on any atom is 0.249 e. The van der Waals surface area contributed by atoms with Crippen LogP contribution in [0.15, 0.2) is 40.7 Å². The van der Waals surface area contributed by atoms with Crippen LogP contribution in [-0.4, -0.2) is 33.1 Å². The average molecular weight is 353 g/mol. The van der Waals surface area contributed by atoms with E-state index in [2.05, 4.69) is 9.88 Å². The SMILES string of the molecule is NS(=O)(=O)c1cnc(N2CCCC(COc3ccccc3)C2)s1. The number of rotatable bonds is 5. The highest BCUT2D eigenvalue weighted by Gasteiger charge is 2.24. The van der Waals surface area contributed by atoms with Crippen LogP contribution in [-0.2, 0) is 10.0 Å². The second-order valence-electron chi connectivity index (χ2n) is 5.59. The topological polar surface area (TPSA) is 85.5 Å². The summed E-state index contributed by atoms with van der Waals surface area (Å²) in [6.45, 7) is 2.33. The Hall–Kier alpha value is -1.64. The van der Waals surface area contributed by atoms with Gasteiger partial charge in [0.1, 0.15) is 5.75 Å². The summed E-state index contributed by atoms with van der Waals surface area (Å²) in [7, 11) is -3.68. The Balaban J connectivity index is 1.61. The van der Waals surface area contributed by atoms with Crippen LogP contribution in [0, 0.1) is 5.92 Å². The average Bonchev–Trinajstić information content (AvgIpc) is 3.05. The fraction of sp³-hybridized carbons (Fsp3) is 0.400. The maximum atomic E-state index is 11.4. The van der Waals surface area contributed by atoms with Crippen molar-refractivity contribution in [2.45, 2.75) is 17.1 Å². The van der Waals surface area contributed by atoms with Crippen LogP contribution in [0.4, 0.5) is 5.13 Å². The third-order valence-electron chi connectivity index (χ3n) is 3.77. The molecular weight excluding hydrogens is 334 g/mol. The largest absolute Gasteiger partial charge is 0.493 e. The summed E-state index contributed by atoms with van der Waals surface area (Å²) >= 11 is 1.12. The lowest BCUT2D eigenvalue weighted by atomic mass is 9.99. The van der Waals surface area contributed by atoms with Crippen LogP contribution in [0.3, 0.4) is 0 Å². The summed E-state index contributed by atoms with van der Waals surface area (Å²) in [6, 6.07) is 9.75. The van der Waals surface area contributed by atoms with Crippen LogP contribution in [0.2, 0.25) is 0 Å². The maximum absolute atomic E-state index is 11.4. The molecule has 1 atom stereocenters. The van der Waals surface area contributed by atoms with Gasteiger partial charge in [-0.3, -0.25) is 0 Å². The van der Waals surface area contributed by atoms with E-state index in [1.54, 1.807) is 0 Å². The number of aromatic nitrogens is 1. The van der Waals surface area contributed by atoms with Gasteiger partial charge in [0.15, 0.2) is 9.34 Å². The third kappa shape index (κ3) is 4.21. The van der Waals surface area contributed by atoms with E-state index in [9.17, 15) is 8.42 Å². The Labute approximate surface area is 140 Å². The number of nitrogens with zero attached hydrogens (tertiary/aromatic N) is 2. The minimum atomic E-state index is -3.68. The molecule has 0 saturated carbocycles. The predicted molar refractivity (Wildman–Crippen MR) is 90.4 cm³/mol. The number of ether oxygens (including phenoxy) is 1.